The summed E-state index contributed by atoms with van der Waals surface area (Å²) in [6.07, 6.45) is 5.23. The number of hydrogen-bond donors (Lipinski definition) is 0. The molecule has 1 fully saturated rings. The summed E-state index contributed by atoms with van der Waals surface area (Å²) in [5, 5.41) is 0. The predicted molar refractivity (Wildman–Crippen MR) is 96.0 cm³/mol. The number of carbonyl (C=O) groups excluding carboxylic acids is 1. The first-order chi connectivity index (χ1) is 11.7. The van der Waals surface area contributed by atoms with Gasteiger partial charge in [-0.05, 0) is 37.1 Å². The van der Waals surface area contributed by atoms with Crippen molar-refractivity contribution in [2.24, 2.45) is 0 Å². The second-order valence-corrected chi connectivity index (χ2v) is 8.64. The summed E-state index contributed by atoms with van der Waals surface area (Å²) in [6, 6.07) is 5.25. The fourth-order valence-electron chi connectivity index (χ4n) is 3.02. The van der Waals surface area contributed by atoms with Crippen LogP contribution in [0, 0.1) is 5.82 Å². The van der Waals surface area contributed by atoms with Crippen LogP contribution in [-0.4, -0.2) is 57.3 Å². The Labute approximate surface area is 149 Å². The molecule has 1 aromatic carbocycles. The first-order valence-corrected chi connectivity index (χ1v) is 9.84. The molecule has 0 aliphatic heterocycles. The molecule has 6 nitrogen and oxygen atoms in total. The number of nitrogens with zero attached hydrogens (tertiary/aromatic N) is 3. The molecule has 1 amide bonds. The summed E-state index contributed by atoms with van der Waals surface area (Å²) in [4.78, 5) is 14.3. The molecule has 1 aromatic rings. The minimum Gasteiger partial charge on any atom is -0.341 e. The van der Waals surface area contributed by atoms with Gasteiger partial charge in [-0.1, -0.05) is 19.3 Å². The molecule has 0 saturated heterocycles. The zero-order chi connectivity index (χ0) is 18.6. The Morgan fingerprint density at radius 1 is 1.08 bits per heavy atom. The quantitative estimate of drug-likeness (QED) is 0.770. The fourth-order valence-corrected chi connectivity index (χ4v) is 4.07. The van der Waals surface area contributed by atoms with E-state index in [0.29, 0.717) is 0 Å². The van der Waals surface area contributed by atoms with Gasteiger partial charge in [0.2, 0.25) is 5.91 Å². The van der Waals surface area contributed by atoms with Gasteiger partial charge in [0.25, 0.3) is 0 Å². The Kier molecular flexibility index (Phi) is 6.40. The topological polar surface area (TPSA) is 60.9 Å². The van der Waals surface area contributed by atoms with E-state index in [1.807, 2.05) is 0 Å². The molecule has 0 unspecified atom stereocenters. The molecule has 25 heavy (non-hydrogen) atoms. The Balaban J connectivity index is 2.23. The highest BCUT2D eigenvalue weighted by Gasteiger charge is 2.30. The number of carbonyl (C=O) groups is 1. The summed E-state index contributed by atoms with van der Waals surface area (Å²) in [7, 11) is 0.666. The van der Waals surface area contributed by atoms with Crippen LogP contribution in [0.3, 0.4) is 0 Å². The molecule has 1 aliphatic rings. The highest BCUT2D eigenvalue weighted by molar-refractivity contribution is 7.90. The minimum absolute atomic E-state index is 0.151. The van der Waals surface area contributed by atoms with E-state index in [2.05, 4.69) is 0 Å². The smallest absolute Gasteiger partial charge is 0.304 e. The van der Waals surface area contributed by atoms with Crippen LogP contribution < -0.4 is 4.31 Å². The Morgan fingerprint density at radius 3 is 2.16 bits per heavy atom. The molecule has 0 bridgehead atoms. The number of likely N-dealkylation sites (N-methyl/N-ethyl adjacent to an activating group) is 1. The molecule has 0 spiro atoms. The number of benzene rings is 1. The largest absolute Gasteiger partial charge is 0.341 e. The summed E-state index contributed by atoms with van der Waals surface area (Å²) in [5.41, 5.74) is 0.264. The van der Waals surface area contributed by atoms with E-state index in [0.717, 1.165) is 34.3 Å². The number of halogens is 1. The summed E-state index contributed by atoms with van der Waals surface area (Å²) in [5.74, 6) is -0.724. The third kappa shape index (κ3) is 4.70. The van der Waals surface area contributed by atoms with Crippen molar-refractivity contribution in [1.82, 2.24) is 9.21 Å². The molecule has 0 atom stereocenters. The van der Waals surface area contributed by atoms with Crippen LogP contribution in [0.2, 0.25) is 0 Å². The van der Waals surface area contributed by atoms with E-state index in [-0.39, 0.29) is 24.2 Å². The molecule has 0 N–H and O–H groups in total. The molecular formula is C17H26FN3O3S. The average molecular weight is 371 g/mol. The lowest BCUT2D eigenvalue weighted by Crippen LogP contribution is -2.48. The lowest BCUT2D eigenvalue weighted by Gasteiger charge is -2.34. The summed E-state index contributed by atoms with van der Waals surface area (Å²) >= 11 is 0. The van der Waals surface area contributed by atoms with Gasteiger partial charge in [0.05, 0.1) is 5.69 Å². The van der Waals surface area contributed by atoms with Crippen LogP contribution in [0.4, 0.5) is 10.1 Å². The Hall–Kier alpha value is -1.67. The molecule has 140 valence electrons. The molecule has 1 aliphatic carbocycles. The normalized spacial score (nSPS) is 16.0. The van der Waals surface area contributed by atoms with Gasteiger partial charge in [0, 0.05) is 27.2 Å². The van der Waals surface area contributed by atoms with Crippen molar-refractivity contribution in [1.29, 1.82) is 0 Å². The maximum Gasteiger partial charge on any atom is 0.304 e. The third-order valence-electron chi connectivity index (χ3n) is 4.65. The van der Waals surface area contributed by atoms with Crippen LogP contribution >= 0.6 is 0 Å². The van der Waals surface area contributed by atoms with Gasteiger partial charge in [-0.25, -0.2) is 8.70 Å². The maximum absolute atomic E-state index is 13.2. The first-order valence-electron chi connectivity index (χ1n) is 8.45. The van der Waals surface area contributed by atoms with Crippen LogP contribution in [0.25, 0.3) is 0 Å². The lowest BCUT2D eigenvalue weighted by molar-refractivity contribution is -0.130. The number of hydrogen-bond acceptors (Lipinski definition) is 3. The van der Waals surface area contributed by atoms with Crippen molar-refractivity contribution in [2.45, 2.75) is 38.1 Å². The first kappa shape index (κ1) is 19.7. The molecule has 8 heteroatoms. The van der Waals surface area contributed by atoms with Crippen molar-refractivity contribution in [3.8, 4) is 0 Å². The SMILES string of the molecule is CN(C(=O)CN(c1ccc(F)cc1)S(=O)(=O)N(C)C)C1CCCCC1. The third-order valence-corrected chi connectivity index (χ3v) is 6.47. The van der Waals surface area contributed by atoms with Crippen LogP contribution in [0.15, 0.2) is 24.3 Å². The van der Waals surface area contributed by atoms with Crippen LogP contribution in [0.5, 0.6) is 0 Å². The van der Waals surface area contributed by atoms with Gasteiger partial charge >= 0.3 is 10.2 Å². The molecule has 1 saturated carbocycles. The monoisotopic (exact) mass is 371 g/mol. The molecule has 2 rings (SSSR count). The number of anilines is 1. The van der Waals surface area contributed by atoms with Gasteiger partial charge < -0.3 is 4.90 Å². The fraction of sp³-hybridized carbons (Fsp3) is 0.588. The number of amides is 1. The zero-order valence-electron chi connectivity index (χ0n) is 15.0. The van der Waals surface area contributed by atoms with E-state index in [1.165, 1.54) is 44.8 Å². The van der Waals surface area contributed by atoms with Crippen LogP contribution in [-0.2, 0) is 15.0 Å². The van der Waals surface area contributed by atoms with Crippen molar-refractivity contribution in [2.75, 3.05) is 32.0 Å². The van der Waals surface area contributed by atoms with Gasteiger partial charge in [-0.3, -0.25) is 4.79 Å². The van der Waals surface area contributed by atoms with Crippen molar-refractivity contribution in [3.63, 3.8) is 0 Å². The van der Waals surface area contributed by atoms with Gasteiger partial charge in [-0.15, -0.1) is 0 Å². The van der Waals surface area contributed by atoms with Crippen LogP contribution in [0.1, 0.15) is 32.1 Å². The maximum atomic E-state index is 13.2. The Morgan fingerprint density at radius 2 is 1.64 bits per heavy atom. The lowest BCUT2D eigenvalue weighted by atomic mass is 9.94. The van der Waals surface area contributed by atoms with E-state index in [1.54, 1.807) is 11.9 Å². The van der Waals surface area contributed by atoms with Crippen molar-refractivity contribution < 1.29 is 17.6 Å². The number of rotatable bonds is 6. The molecule has 0 heterocycles. The predicted octanol–water partition coefficient (Wildman–Crippen LogP) is 2.23. The molecule has 0 aromatic heterocycles. The average Bonchev–Trinajstić information content (AvgIpc) is 2.60. The summed E-state index contributed by atoms with van der Waals surface area (Å²) < 4.78 is 40.5. The second-order valence-electron chi connectivity index (χ2n) is 6.57. The summed E-state index contributed by atoms with van der Waals surface area (Å²) in [6.45, 7) is -0.306. The van der Waals surface area contributed by atoms with E-state index >= 15 is 0 Å². The second kappa shape index (κ2) is 8.14. The van der Waals surface area contributed by atoms with E-state index < -0.39 is 16.0 Å². The minimum atomic E-state index is -3.87. The van der Waals surface area contributed by atoms with Crippen molar-refractivity contribution in [3.05, 3.63) is 30.1 Å². The highest BCUT2D eigenvalue weighted by Crippen LogP contribution is 2.24. The Bertz CT molecular complexity index is 686. The van der Waals surface area contributed by atoms with Gasteiger partial charge in [0.15, 0.2) is 0 Å². The molecule has 0 radical (unpaired) electrons. The van der Waals surface area contributed by atoms with E-state index in [4.69, 9.17) is 0 Å². The molecular weight excluding hydrogens is 345 g/mol. The van der Waals surface area contributed by atoms with Gasteiger partial charge in [0.1, 0.15) is 12.4 Å². The standard InChI is InChI=1S/C17H26FN3O3S/c1-19(2)25(23,24)21(16-11-9-14(18)10-12-16)13-17(22)20(3)15-7-5-4-6-8-15/h9-12,15H,4-8,13H2,1-3H3. The zero-order valence-corrected chi connectivity index (χ0v) is 15.8. The van der Waals surface area contributed by atoms with Gasteiger partial charge in [-0.2, -0.15) is 12.7 Å². The van der Waals surface area contributed by atoms with E-state index in [9.17, 15) is 17.6 Å². The van der Waals surface area contributed by atoms with Crippen molar-refractivity contribution >= 4 is 21.8 Å². The highest BCUT2D eigenvalue weighted by atomic mass is 32.2.